The molecule has 1 atom stereocenters. The lowest BCUT2D eigenvalue weighted by molar-refractivity contribution is 0.197. The molecule has 1 rings (SSSR count). The Bertz CT molecular complexity index is 178. The first kappa shape index (κ1) is 14.0. The maximum atomic E-state index is 3.59. The Labute approximate surface area is 102 Å². The van der Waals surface area contributed by atoms with Crippen LogP contribution in [0, 0.1) is 11.3 Å². The molecule has 1 N–H and O–H groups in total. The molecule has 1 unspecified atom stereocenters. The molecule has 0 spiro atoms. The van der Waals surface area contributed by atoms with Crippen LogP contribution in [0.1, 0.15) is 47.0 Å². The zero-order chi connectivity index (χ0) is 12.0. The van der Waals surface area contributed by atoms with Gasteiger partial charge in [-0.1, -0.05) is 34.1 Å². The standard InChI is InChI=1S/C14H30N2/c1-13(10-15-12-14(2,3)4)11-16-8-6-5-7-9-16/h13,15H,5-12H2,1-4H3. The van der Waals surface area contributed by atoms with Crippen LogP contribution in [0.15, 0.2) is 0 Å². The topological polar surface area (TPSA) is 15.3 Å². The SMILES string of the molecule is CC(CNCC(C)(C)C)CN1CCCCC1. The first-order valence-corrected chi connectivity index (χ1v) is 6.90. The zero-order valence-electron chi connectivity index (χ0n) is 11.7. The fraction of sp³-hybridized carbons (Fsp3) is 1.00. The molecule has 0 aromatic rings. The van der Waals surface area contributed by atoms with E-state index in [4.69, 9.17) is 0 Å². The molecule has 0 amide bonds. The predicted molar refractivity (Wildman–Crippen MR) is 71.8 cm³/mol. The molecule has 1 aliphatic rings. The van der Waals surface area contributed by atoms with Crippen molar-refractivity contribution in [2.75, 3.05) is 32.7 Å². The second-order valence-corrected chi connectivity index (χ2v) is 6.66. The van der Waals surface area contributed by atoms with Gasteiger partial charge in [-0.2, -0.15) is 0 Å². The van der Waals surface area contributed by atoms with Crippen molar-refractivity contribution in [3.05, 3.63) is 0 Å². The minimum Gasteiger partial charge on any atom is -0.316 e. The van der Waals surface area contributed by atoms with E-state index in [9.17, 15) is 0 Å². The molecule has 0 radical (unpaired) electrons. The second-order valence-electron chi connectivity index (χ2n) is 6.66. The van der Waals surface area contributed by atoms with Gasteiger partial charge in [-0.15, -0.1) is 0 Å². The summed E-state index contributed by atoms with van der Waals surface area (Å²) in [5, 5.41) is 3.59. The second kappa shape index (κ2) is 6.61. The highest BCUT2D eigenvalue weighted by Gasteiger charge is 2.14. The minimum atomic E-state index is 0.408. The van der Waals surface area contributed by atoms with Crippen LogP contribution in [0.5, 0.6) is 0 Å². The van der Waals surface area contributed by atoms with Gasteiger partial charge in [0.15, 0.2) is 0 Å². The maximum absolute atomic E-state index is 3.59. The molecule has 0 aromatic carbocycles. The average molecular weight is 226 g/mol. The van der Waals surface area contributed by atoms with Gasteiger partial charge < -0.3 is 10.2 Å². The van der Waals surface area contributed by atoms with Crippen molar-refractivity contribution in [1.29, 1.82) is 0 Å². The molecule has 1 aliphatic heterocycles. The van der Waals surface area contributed by atoms with E-state index in [1.165, 1.54) is 38.9 Å². The van der Waals surface area contributed by atoms with Gasteiger partial charge in [-0.25, -0.2) is 0 Å². The van der Waals surface area contributed by atoms with Gasteiger partial charge in [-0.05, 0) is 50.4 Å². The summed E-state index contributed by atoms with van der Waals surface area (Å²) in [5.74, 6) is 0.778. The number of hydrogen-bond acceptors (Lipinski definition) is 2. The molecule has 0 aromatic heterocycles. The van der Waals surface area contributed by atoms with Crippen LogP contribution in [0.3, 0.4) is 0 Å². The summed E-state index contributed by atoms with van der Waals surface area (Å²) in [7, 11) is 0. The highest BCUT2D eigenvalue weighted by Crippen LogP contribution is 2.12. The van der Waals surface area contributed by atoms with Crippen LogP contribution in [0.4, 0.5) is 0 Å². The van der Waals surface area contributed by atoms with E-state index in [1.807, 2.05) is 0 Å². The van der Waals surface area contributed by atoms with E-state index >= 15 is 0 Å². The fourth-order valence-corrected chi connectivity index (χ4v) is 2.34. The van der Waals surface area contributed by atoms with Crippen LogP contribution >= 0.6 is 0 Å². The summed E-state index contributed by atoms with van der Waals surface area (Å²) in [6.45, 7) is 15.4. The maximum Gasteiger partial charge on any atom is 0.00191 e. The van der Waals surface area contributed by atoms with E-state index in [0.717, 1.165) is 19.0 Å². The first-order valence-electron chi connectivity index (χ1n) is 6.90. The summed E-state index contributed by atoms with van der Waals surface area (Å²) in [6, 6.07) is 0. The van der Waals surface area contributed by atoms with E-state index in [0.29, 0.717) is 5.41 Å². The van der Waals surface area contributed by atoms with Crippen molar-refractivity contribution in [2.45, 2.75) is 47.0 Å². The third-order valence-electron chi connectivity index (χ3n) is 3.17. The molecule has 2 nitrogen and oxygen atoms in total. The van der Waals surface area contributed by atoms with E-state index in [-0.39, 0.29) is 0 Å². The monoisotopic (exact) mass is 226 g/mol. The molecular weight excluding hydrogens is 196 g/mol. The number of piperidine rings is 1. The zero-order valence-corrected chi connectivity index (χ0v) is 11.7. The van der Waals surface area contributed by atoms with Crippen LogP contribution in [-0.4, -0.2) is 37.6 Å². The molecule has 1 fully saturated rings. The predicted octanol–water partition coefficient (Wildman–Crippen LogP) is 2.74. The molecule has 0 aliphatic carbocycles. The molecule has 16 heavy (non-hydrogen) atoms. The van der Waals surface area contributed by atoms with Crippen molar-refractivity contribution in [3.63, 3.8) is 0 Å². The van der Waals surface area contributed by atoms with E-state index in [2.05, 4.69) is 37.9 Å². The summed E-state index contributed by atoms with van der Waals surface area (Å²) in [5.41, 5.74) is 0.408. The van der Waals surface area contributed by atoms with Crippen molar-refractivity contribution in [3.8, 4) is 0 Å². The van der Waals surface area contributed by atoms with Crippen molar-refractivity contribution in [2.24, 2.45) is 11.3 Å². The Kier molecular flexibility index (Phi) is 5.77. The highest BCUT2D eigenvalue weighted by atomic mass is 15.1. The van der Waals surface area contributed by atoms with Gasteiger partial charge in [0.1, 0.15) is 0 Å². The van der Waals surface area contributed by atoms with Crippen molar-refractivity contribution in [1.82, 2.24) is 10.2 Å². The largest absolute Gasteiger partial charge is 0.316 e. The third-order valence-corrected chi connectivity index (χ3v) is 3.17. The quantitative estimate of drug-likeness (QED) is 0.775. The summed E-state index contributed by atoms with van der Waals surface area (Å²) < 4.78 is 0. The van der Waals surface area contributed by atoms with Crippen LogP contribution < -0.4 is 5.32 Å². The molecule has 96 valence electrons. The Morgan fingerprint density at radius 3 is 2.31 bits per heavy atom. The van der Waals surface area contributed by atoms with Gasteiger partial charge in [0.2, 0.25) is 0 Å². The molecule has 0 saturated carbocycles. The molecule has 2 heteroatoms. The average Bonchev–Trinajstić information content (AvgIpc) is 2.17. The van der Waals surface area contributed by atoms with Crippen LogP contribution in [0.2, 0.25) is 0 Å². The van der Waals surface area contributed by atoms with Gasteiger partial charge in [0, 0.05) is 6.54 Å². The minimum absolute atomic E-state index is 0.408. The summed E-state index contributed by atoms with van der Waals surface area (Å²) in [6.07, 6.45) is 4.25. The smallest absolute Gasteiger partial charge is 0.00191 e. The van der Waals surface area contributed by atoms with Crippen LogP contribution in [0.25, 0.3) is 0 Å². The Morgan fingerprint density at radius 2 is 1.75 bits per heavy atom. The number of hydrogen-bond donors (Lipinski definition) is 1. The fourth-order valence-electron chi connectivity index (χ4n) is 2.34. The van der Waals surface area contributed by atoms with Crippen molar-refractivity contribution < 1.29 is 0 Å². The number of likely N-dealkylation sites (tertiary alicyclic amines) is 1. The molecule has 1 saturated heterocycles. The lowest BCUT2D eigenvalue weighted by Crippen LogP contribution is -2.38. The highest BCUT2D eigenvalue weighted by molar-refractivity contribution is 4.71. The lowest BCUT2D eigenvalue weighted by Gasteiger charge is -2.29. The number of nitrogens with one attached hydrogen (secondary N) is 1. The van der Waals surface area contributed by atoms with E-state index in [1.54, 1.807) is 0 Å². The van der Waals surface area contributed by atoms with Gasteiger partial charge in [-0.3, -0.25) is 0 Å². The molecule has 0 bridgehead atoms. The third kappa shape index (κ3) is 6.49. The van der Waals surface area contributed by atoms with Crippen LogP contribution in [-0.2, 0) is 0 Å². The number of nitrogens with zero attached hydrogens (tertiary/aromatic N) is 1. The van der Waals surface area contributed by atoms with Gasteiger partial charge in [0.05, 0.1) is 0 Å². The molecular formula is C14H30N2. The van der Waals surface area contributed by atoms with E-state index < -0.39 is 0 Å². The summed E-state index contributed by atoms with van der Waals surface area (Å²) >= 11 is 0. The van der Waals surface area contributed by atoms with Crippen molar-refractivity contribution >= 4 is 0 Å². The molecule has 1 heterocycles. The first-order chi connectivity index (χ1) is 7.47. The summed E-state index contributed by atoms with van der Waals surface area (Å²) in [4.78, 5) is 2.63. The Balaban J connectivity index is 2.08. The number of rotatable bonds is 5. The Morgan fingerprint density at radius 1 is 1.12 bits per heavy atom. The normalized spacial score (nSPS) is 21.0. The van der Waals surface area contributed by atoms with Gasteiger partial charge >= 0.3 is 0 Å². The van der Waals surface area contributed by atoms with Gasteiger partial charge in [0.25, 0.3) is 0 Å². The lowest BCUT2D eigenvalue weighted by atomic mass is 9.96. The Hall–Kier alpha value is -0.0800.